The van der Waals surface area contributed by atoms with Crippen molar-refractivity contribution in [3.63, 3.8) is 0 Å². The number of nitrogens with one attached hydrogen (secondary N) is 1. The smallest absolute Gasteiger partial charge is 0.168 e. The lowest BCUT2D eigenvalue weighted by Crippen LogP contribution is -2.18. The highest BCUT2D eigenvalue weighted by Gasteiger charge is 2.09. The van der Waals surface area contributed by atoms with E-state index in [0.717, 1.165) is 23.0 Å². The summed E-state index contributed by atoms with van der Waals surface area (Å²) < 4.78 is 5.33. The molecular formula is C7H8N2OS. The van der Waals surface area contributed by atoms with Crippen molar-refractivity contribution in [2.75, 3.05) is 18.5 Å². The summed E-state index contributed by atoms with van der Waals surface area (Å²) in [6.45, 7) is 1.53. The van der Waals surface area contributed by atoms with Crippen molar-refractivity contribution >= 4 is 18.4 Å². The molecule has 1 aromatic heterocycles. The van der Waals surface area contributed by atoms with Crippen LogP contribution in [-0.2, 0) is 0 Å². The van der Waals surface area contributed by atoms with E-state index >= 15 is 0 Å². The summed E-state index contributed by atoms with van der Waals surface area (Å²) >= 11 is 4.15. The van der Waals surface area contributed by atoms with Gasteiger partial charge in [0.05, 0.1) is 6.54 Å². The molecule has 2 rings (SSSR count). The molecule has 1 aliphatic heterocycles. The summed E-state index contributed by atoms with van der Waals surface area (Å²) in [4.78, 5) is 4.93. The van der Waals surface area contributed by atoms with Gasteiger partial charge in [-0.25, -0.2) is 4.98 Å². The number of pyridine rings is 1. The van der Waals surface area contributed by atoms with Gasteiger partial charge in [0.1, 0.15) is 6.61 Å². The van der Waals surface area contributed by atoms with Gasteiger partial charge in [-0.2, -0.15) is 0 Å². The number of ether oxygens (including phenoxy) is 1. The first-order chi connectivity index (χ1) is 5.36. The molecule has 0 unspecified atom stereocenters. The van der Waals surface area contributed by atoms with E-state index in [9.17, 15) is 0 Å². The fraction of sp³-hybridized carbons (Fsp3) is 0.286. The second-order valence-electron chi connectivity index (χ2n) is 2.32. The molecular weight excluding hydrogens is 160 g/mol. The lowest BCUT2D eigenvalue weighted by Gasteiger charge is -2.17. The second-order valence-corrected chi connectivity index (χ2v) is 2.83. The van der Waals surface area contributed by atoms with Crippen molar-refractivity contribution in [1.82, 2.24) is 4.98 Å². The van der Waals surface area contributed by atoms with Crippen molar-refractivity contribution in [3.05, 3.63) is 12.3 Å². The van der Waals surface area contributed by atoms with Crippen LogP contribution in [0.3, 0.4) is 0 Å². The molecule has 0 saturated heterocycles. The monoisotopic (exact) mass is 168 g/mol. The Balaban J connectivity index is 2.43. The molecule has 0 bridgehead atoms. The van der Waals surface area contributed by atoms with Gasteiger partial charge in [-0.1, -0.05) is 0 Å². The number of hydrogen-bond donors (Lipinski definition) is 2. The lowest BCUT2D eigenvalue weighted by molar-refractivity contribution is 0.320. The van der Waals surface area contributed by atoms with Gasteiger partial charge < -0.3 is 10.1 Å². The average molecular weight is 168 g/mol. The third-order valence-electron chi connectivity index (χ3n) is 1.49. The van der Waals surface area contributed by atoms with E-state index in [0.29, 0.717) is 6.61 Å². The zero-order chi connectivity index (χ0) is 7.68. The predicted octanol–water partition coefficient (Wildman–Crippen LogP) is 1.17. The number of aromatic nitrogens is 1. The SMILES string of the molecule is Sc1cnc2c(c1)OCCN2. The molecule has 0 radical (unpaired) electrons. The molecule has 1 aliphatic rings. The van der Waals surface area contributed by atoms with Gasteiger partial charge in [0, 0.05) is 11.1 Å². The number of thiol groups is 1. The number of anilines is 1. The van der Waals surface area contributed by atoms with Crippen molar-refractivity contribution in [2.24, 2.45) is 0 Å². The fourth-order valence-corrected chi connectivity index (χ4v) is 1.18. The van der Waals surface area contributed by atoms with Crippen LogP contribution >= 0.6 is 12.6 Å². The molecule has 0 spiro atoms. The zero-order valence-electron chi connectivity index (χ0n) is 5.87. The lowest BCUT2D eigenvalue weighted by atomic mass is 10.4. The van der Waals surface area contributed by atoms with Crippen LogP contribution in [0.4, 0.5) is 5.82 Å². The van der Waals surface area contributed by atoms with Gasteiger partial charge in [0.2, 0.25) is 0 Å². The number of nitrogens with zero attached hydrogens (tertiary/aromatic N) is 1. The topological polar surface area (TPSA) is 34.1 Å². The Morgan fingerprint density at radius 2 is 2.55 bits per heavy atom. The highest BCUT2D eigenvalue weighted by atomic mass is 32.1. The minimum Gasteiger partial charge on any atom is -0.488 e. The summed E-state index contributed by atoms with van der Waals surface area (Å²) in [7, 11) is 0. The van der Waals surface area contributed by atoms with Crippen molar-refractivity contribution in [3.8, 4) is 5.75 Å². The minimum absolute atomic E-state index is 0.700. The summed E-state index contributed by atoms with van der Waals surface area (Å²) in [5, 5.41) is 3.12. The van der Waals surface area contributed by atoms with E-state index in [4.69, 9.17) is 4.74 Å². The molecule has 4 heteroatoms. The first-order valence-corrected chi connectivity index (χ1v) is 3.87. The molecule has 0 aromatic carbocycles. The molecule has 11 heavy (non-hydrogen) atoms. The van der Waals surface area contributed by atoms with E-state index in [2.05, 4.69) is 22.9 Å². The van der Waals surface area contributed by atoms with Gasteiger partial charge in [-0.05, 0) is 6.07 Å². The Kier molecular flexibility index (Phi) is 1.62. The third-order valence-corrected chi connectivity index (χ3v) is 1.73. The molecule has 0 fully saturated rings. The van der Waals surface area contributed by atoms with E-state index in [1.165, 1.54) is 0 Å². The average Bonchev–Trinajstić information content (AvgIpc) is 2.04. The van der Waals surface area contributed by atoms with E-state index in [1.807, 2.05) is 6.07 Å². The van der Waals surface area contributed by atoms with E-state index in [-0.39, 0.29) is 0 Å². The maximum atomic E-state index is 5.33. The number of hydrogen-bond acceptors (Lipinski definition) is 4. The van der Waals surface area contributed by atoms with E-state index < -0.39 is 0 Å². The van der Waals surface area contributed by atoms with Crippen LogP contribution in [0.15, 0.2) is 17.2 Å². The second kappa shape index (κ2) is 2.62. The fourth-order valence-electron chi connectivity index (χ4n) is 1.01. The van der Waals surface area contributed by atoms with Gasteiger partial charge >= 0.3 is 0 Å². The van der Waals surface area contributed by atoms with Crippen LogP contribution in [0.5, 0.6) is 5.75 Å². The Hall–Kier alpha value is -0.900. The Bertz CT molecular complexity index is 277. The zero-order valence-corrected chi connectivity index (χ0v) is 6.77. The van der Waals surface area contributed by atoms with Crippen LogP contribution in [-0.4, -0.2) is 18.1 Å². The maximum Gasteiger partial charge on any atom is 0.168 e. The Morgan fingerprint density at radius 3 is 3.45 bits per heavy atom. The molecule has 0 saturated carbocycles. The third kappa shape index (κ3) is 1.26. The molecule has 0 aliphatic carbocycles. The normalized spacial score (nSPS) is 14.6. The maximum absolute atomic E-state index is 5.33. The van der Waals surface area contributed by atoms with Crippen molar-refractivity contribution < 1.29 is 4.74 Å². The summed E-state index contributed by atoms with van der Waals surface area (Å²) in [5.41, 5.74) is 0. The van der Waals surface area contributed by atoms with Crippen molar-refractivity contribution in [1.29, 1.82) is 0 Å². The Morgan fingerprint density at radius 1 is 1.64 bits per heavy atom. The predicted molar refractivity (Wildman–Crippen MR) is 45.5 cm³/mol. The standard InChI is InChI=1S/C7H8N2OS/c11-5-3-6-7(9-4-5)8-1-2-10-6/h3-4,11H,1-2H2,(H,8,9). The molecule has 2 heterocycles. The largest absolute Gasteiger partial charge is 0.488 e. The van der Waals surface area contributed by atoms with E-state index in [1.54, 1.807) is 6.20 Å². The molecule has 3 nitrogen and oxygen atoms in total. The number of rotatable bonds is 0. The van der Waals surface area contributed by atoms with Gasteiger partial charge in [0.25, 0.3) is 0 Å². The highest BCUT2D eigenvalue weighted by Crippen LogP contribution is 2.26. The van der Waals surface area contributed by atoms with Gasteiger partial charge in [0.15, 0.2) is 11.6 Å². The first kappa shape index (κ1) is 6.79. The quantitative estimate of drug-likeness (QED) is 0.571. The van der Waals surface area contributed by atoms with Crippen LogP contribution < -0.4 is 10.1 Å². The van der Waals surface area contributed by atoms with Crippen LogP contribution in [0.1, 0.15) is 0 Å². The molecule has 58 valence electrons. The number of fused-ring (bicyclic) bond motifs is 1. The summed E-state index contributed by atoms with van der Waals surface area (Å²) in [6.07, 6.45) is 1.70. The van der Waals surface area contributed by atoms with Crippen LogP contribution in [0, 0.1) is 0 Å². The van der Waals surface area contributed by atoms with Gasteiger partial charge in [-0.3, -0.25) is 0 Å². The molecule has 0 amide bonds. The summed E-state index contributed by atoms with van der Waals surface area (Å²) in [6, 6.07) is 1.86. The van der Waals surface area contributed by atoms with Crippen molar-refractivity contribution in [2.45, 2.75) is 4.90 Å². The Labute approximate surface area is 70.2 Å². The van der Waals surface area contributed by atoms with Crippen LogP contribution in [0.2, 0.25) is 0 Å². The molecule has 1 N–H and O–H groups in total. The highest BCUT2D eigenvalue weighted by molar-refractivity contribution is 7.80. The molecule has 1 aromatic rings. The summed E-state index contributed by atoms with van der Waals surface area (Å²) in [5.74, 6) is 1.61. The first-order valence-electron chi connectivity index (χ1n) is 3.42. The van der Waals surface area contributed by atoms with Crippen LogP contribution in [0.25, 0.3) is 0 Å². The van der Waals surface area contributed by atoms with Gasteiger partial charge in [-0.15, -0.1) is 12.6 Å². The minimum atomic E-state index is 0.700. The molecule has 0 atom stereocenters.